The first-order chi connectivity index (χ1) is 19.1. The van der Waals surface area contributed by atoms with Gasteiger partial charge in [-0.2, -0.15) is 0 Å². The van der Waals surface area contributed by atoms with Crippen LogP contribution in [0, 0.1) is 11.3 Å². The van der Waals surface area contributed by atoms with Crippen molar-refractivity contribution in [1.29, 1.82) is 0 Å². The van der Waals surface area contributed by atoms with Crippen LogP contribution in [0.2, 0.25) is 0 Å². The number of hydrogen-bond acceptors (Lipinski definition) is 6. The highest BCUT2D eigenvalue weighted by atomic mass is 16.7. The van der Waals surface area contributed by atoms with Gasteiger partial charge in [-0.15, -0.1) is 0 Å². The number of ether oxygens (including phenoxy) is 2. The van der Waals surface area contributed by atoms with Gasteiger partial charge in [0.25, 0.3) is 0 Å². The Labute approximate surface area is 232 Å². The molecule has 3 aromatic rings. The molecule has 4 aliphatic rings. The summed E-state index contributed by atoms with van der Waals surface area (Å²) in [4.78, 5) is 45.8. The maximum Gasteiger partial charge on any atom is 0.238 e. The summed E-state index contributed by atoms with van der Waals surface area (Å²) in [5.41, 5.74) is 2.54. The molecule has 4 aliphatic heterocycles. The third kappa shape index (κ3) is 3.14. The number of anilines is 2. The van der Waals surface area contributed by atoms with Gasteiger partial charge in [-0.3, -0.25) is 14.4 Å². The van der Waals surface area contributed by atoms with Crippen molar-refractivity contribution in [3.8, 4) is 11.5 Å². The molecule has 202 valence electrons. The van der Waals surface area contributed by atoms with Crippen LogP contribution in [0.4, 0.5) is 11.4 Å². The van der Waals surface area contributed by atoms with Crippen LogP contribution in [-0.4, -0.2) is 36.4 Å². The Hall–Kier alpha value is -4.39. The number of fused-ring (bicyclic) bond motifs is 7. The molecule has 1 N–H and O–H groups in total. The number of nitrogens with one attached hydrogen (secondary N) is 1. The number of allylic oxidation sites excluding steroid dienone is 1. The largest absolute Gasteiger partial charge is 0.454 e. The first kappa shape index (κ1) is 24.6. The highest BCUT2D eigenvalue weighted by molar-refractivity contribution is 6.17. The number of nitrogens with zero attached hydrogens (tertiary/aromatic N) is 1. The minimum Gasteiger partial charge on any atom is -0.454 e. The monoisotopic (exact) mass is 534 g/mol. The normalized spacial score (nSPS) is 25.7. The summed E-state index contributed by atoms with van der Waals surface area (Å²) >= 11 is 0. The minimum absolute atomic E-state index is 0.0813. The van der Waals surface area contributed by atoms with Gasteiger partial charge < -0.3 is 19.7 Å². The fourth-order valence-corrected chi connectivity index (χ4v) is 7.06. The number of benzene rings is 3. The van der Waals surface area contributed by atoms with E-state index in [4.69, 9.17) is 9.47 Å². The number of ketones is 2. The lowest BCUT2D eigenvalue weighted by Gasteiger charge is -2.39. The Balaban J connectivity index is 1.54. The average Bonchev–Trinajstić information content (AvgIpc) is 3.61. The lowest BCUT2D eigenvalue weighted by atomic mass is 9.63. The molecule has 0 aromatic heterocycles. The summed E-state index contributed by atoms with van der Waals surface area (Å²) < 4.78 is 11.1. The Morgan fingerprint density at radius 2 is 1.70 bits per heavy atom. The molecule has 0 saturated carbocycles. The predicted molar refractivity (Wildman–Crippen MR) is 152 cm³/mol. The van der Waals surface area contributed by atoms with E-state index < -0.39 is 28.8 Å². The van der Waals surface area contributed by atoms with Crippen molar-refractivity contribution < 1.29 is 23.9 Å². The van der Waals surface area contributed by atoms with Crippen LogP contribution >= 0.6 is 0 Å². The van der Waals surface area contributed by atoms with Crippen molar-refractivity contribution >= 4 is 34.4 Å². The van der Waals surface area contributed by atoms with Gasteiger partial charge in [0.2, 0.25) is 12.7 Å². The van der Waals surface area contributed by atoms with Crippen molar-refractivity contribution in [2.24, 2.45) is 11.3 Å². The van der Waals surface area contributed by atoms with E-state index in [2.05, 4.69) is 11.4 Å². The average molecular weight is 535 g/mol. The minimum atomic E-state index is -1.33. The maximum atomic E-state index is 14.9. The number of carbonyl (C=O) groups excluding carboxylic acids is 3. The van der Waals surface area contributed by atoms with Crippen LogP contribution in [0.1, 0.15) is 49.2 Å². The standard InChI is InChI=1S/C33H30N2O5/c1-18-15-26-33(21-10-6-7-11-22(21)34-31(33)38)27(29(36)19-13-14-24-25(16-19)40-17-39-24)28(30(37)32(2,3)4)35(26)23-12-8-5-9-20(18)23/h5-16,26-28H,17H2,1-4H3,(H,34,38)/t26-,27-,28+,33+/m0/s1. The zero-order valence-corrected chi connectivity index (χ0v) is 22.9. The molecule has 1 spiro atoms. The molecule has 1 amide bonds. The molecule has 0 unspecified atom stereocenters. The fraction of sp³-hybridized carbons (Fsp3) is 0.303. The summed E-state index contributed by atoms with van der Waals surface area (Å²) in [5, 5.41) is 3.08. The molecule has 4 heterocycles. The van der Waals surface area contributed by atoms with Crippen molar-refractivity contribution in [1.82, 2.24) is 0 Å². The lowest BCUT2D eigenvalue weighted by molar-refractivity contribution is -0.128. The molecule has 1 saturated heterocycles. The second kappa shape index (κ2) is 8.31. The van der Waals surface area contributed by atoms with Crippen LogP contribution in [0.15, 0.2) is 72.8 Å². The molecule has 7 heteroatoms. The zero-order chi connectivity index (χ0) is 28.0. The van der Waals surface area contributed by atoms with Crippen molar-refractivity contribution in [2.45, 2.75) is 45.2 Å². The quantitative estimate of drug-likeness (QED) is 0.454. The highest BCUT2D eigenvalue weighted by Gasteiger charge is 2.71. The molecule has 7 nitrogen and oxygen atoms in total. The van der Waals surface area contributed by atoms with E-state index in [1.54, 1.807) is 18.2 Å². The van der Waals surface area contributed by atoms with Gasteiger partial charge in [0.15, 0.2) is 23.1 Å². The summed E-state index contributed by atoms with van der Waals surface area (Å²) in [6.07, 6.45) is 2.07. The number of hydrogen-bond donors (Lipinski definition) is 1. The summed E-state index contributed by atoms with van der Waals surface area (Å²) in [5.74, 6) is -0.585. The topological polar surface area (TPSA) is 84.9 Å². The Morgan fingerprint density at radius 1 is 0.975 bits per heavy atom. The van der Waals surface area contributed by atoms with Crippen LogP contribution in [-0.2, 0) is 15.0 Å². The van der Waals surface area contributed by atoms with Crippen LogP contribution in [0.25, 0.3) is 5.57 Å². The summed E-state index contributed by atoms with van der Waals surface area (Å²) in [6, 6.07) is 19.1. The predicted octanol–water partition coefficient (Wildman–Crippen LogP) is 5.39. The lowest BCUT2D eigenvalue weighted by Crippen LogP contribution is -2.51. The van der Waals surface area contributed by atoms with E-state index in [-0.39, 0.29) is 24.3 Å². The third-order valence-corrected chi connectivity index (χ3v) is 8.83. The van der Waals surface area contributed by atoms with Crippen LogP contribution in [0.3, 0.4) is 0 Å². The van der Waals surface area contributed by atoms with Gasteiger partial charge in [-0.05, 0) is 48.4 Å². The van der Waals surface area contributed by atoms with Gasteiger partial charge >= 0.3 is 0 Å². The number of rotatable bonds is 3. The third-order valence-electron chi connectivity index (χ3n) is 8.83. The molecule has 4 atom stereocenters. The van der Waals surface area contributed by atoms with Crippen molar-refractivity contribution in [3.63, 3.8) is 0 Å². The van der Waals surface area contributed by atoms with Crippen LogP contribution in [0.5, 0.6) is 11.5 Å². The molecule has 7 rings (SSSR count). The number of para-hydroxylation sites is 2. The summed E-state index contributed by atoms with van der Waals surface area (Å²) in [7, 11) is 0. The van der Waals surface area contributed by atoms with E-state index in [9.17, 15) is 14.4 Å². The molecule has 40 heavy (non-hydrogen) atoms. The molecule has 0 radical (unpaired) electrons. The highest BCUT2D eigenvalue weighted by Crippen LogP contribution is 2.59. The van der Waals surface area contributed by atoms with Gasteiger partial charge in [0, 0.05) is 27.9 Å². The van der Waals surface area contributed by atoms with E-state index in [1.807, 2.05) is 81.1 Å². The number of amides is 1. The Bertz CT molecular complexity index is 1650. The second-order valence-corrected chi connectivity index (χ2v) is 12.1. The molecule has 1 fully saturated rings. The van der Waals surface area contributed by atoms with Crippen LogP contribution < -0.4 is 19.7 Å². The van der Waals surface area contributed by atoms with E-state index in [0.29, 0.717) is 22.7 Å². The van der Waals surface area contributed by atoms with Crippen molar-refractivity contribution in [2.75, 3.05) is 17.0 Å². The number of Topliss-reactive ketones (excluding diaryl/α,β-unsaturated/α-hetero) is 2. The molecule has 0 aliphatic carbocycles. The SMILES string of the molecule is CC1=C[C@@H]2N(c3ccccc31)[C@@H](C(=O)C(C)(C)C)[C@@H](C(=O)c1ccc3c(c1)OCO3)[C@]21C(=O)Nc2ccccc21. The van der Waals surface area contributed by atoms with Crippen molar-refractivity contribution in [3.05, 3.63) is 89.5 Å². The first-order valence-electron chi connectivity index (χ1n) is 13.6. The van der Waals surface area contributed by atoms with Gasteiger partial charge in [0.05, 0.1) is 12.0 Å². The van der Waals surface area contributed by atoms with E-state index in [0.717, 1.165) is 22.4 Å². The Kier molecular flexibility index (Phi) is 5.12. The van der Waals surface area contributed by atoms with E-state index in [1.165, 1.54) is 0 Å². The molecular weight excluding hydrogens is 504 g/mol. The second-order valence-electron chi connectivity index (χ2n) is 12.1. The molecule has 3 aromatic carbocycles. The fourth-order valence-electron chi connectivity index (χ4n) is 7.06. The van der Waals surface area contributed by atoms with Gasteiger partial charge in [-0.25, -0.2) is 0 Å². The maximum absolute atomic E-state index is 14.9. The van der Waals surface area contributed by atoms with Gasteiger partial charge in [-0.1, -0.05) is 63.2 Å². The van der Waals surface area contributed by atoms with Gasteiger partial charge in [0.1, 0.15) is 11.5 Å². The van der Waals surface area contributed by atoms with E-state index >= 15 is 0 Å². The molecule has 0 bridgehead atoms. The molecular formula is C33H30N2O5. The Morgan fingerprint density at radius 3 is 2.50 bits per heavy atom. The first-order valence-corrected chi connectivity index (χ1v) is 13.6. The summed E-state index contributed by atoms with van der Waals surface area (Å²) in [6.45, 7) is 7.72. The smallest absolute Gasteiger partial charge is 0.238 e. The number of carbonyl (C=O) groups is 3. The zero-order valence-electron chi connectivity index (χ0n) is 22.9.